The van der Waals surface area contributed by atoms with Gasteiger partial charge in [0.05, 0.1) is 6.10 Å². The van der Waals surface area contributed by atoms with E-state index in [0.717, 1.165) is 44.4 Å². The Morgan fingerprint density at radius 1 is 1.05 bits per heavy atom. The van der Waals surface area contributed by atoms with Crippen LogP contribution in [-0.4, -0.2) is 47.8 Å². The second kappa shape index (κ2) is 14.7. The number of hydrogen-bond acceptors (Lipinski definition) is 6. The van der Waals surface area contributed by atoms with Gasteiger partial charge in [0.1, 0.15) is 16.1 Å². The van der Waals surface area contributed by atoms with Crippen molar-refractivity contribution in [1.82, 2.24) is 4.90 Å². The molecule has 0 radical (unpaired) electrons. The largest absolute Gasteiger partial charge is 0.487 e. The molecule has 1 saturated heterocycles. The van der Waals surface area contributed by atoms with E-state index in [0.29, 0.717) is 27.7 Å². The zero-order valence-electron chi connectivity index (χ0n) is 22.9. The van der Waals surface area contributed by atoms with Crippen LogP contribution in [-0.2, 0) is 22.4 Å². The van der Waals surface area contributed by atoms with Gasteiger partial charge >= 0.3 is 12.6 Å². The number of alkyl halides is 2. The first-order chi connectivity index (χ1) is 20.4. The highest BCUT2D eigenvalue weighted by molar-refractivity contribution is 8.00. The molecule has 1 saturated carbocycles. The average Bonchev–Trinajstić information content (AvgIpc) is 3.67. The van der Waals surface area contributed by atoms with Gasteiger partial charge in [0, 0.05) is 30.8 Å². The van der Waals surface area contributed by atoms with E-state index < -0.39 is 18.1 Å². The number of pyridine rings is 1. The Labute approximate surface area is 258 Å². The van der Waals surface area contributed by atoms with Crippen LogP contribution in [0.15, 0.2) is 60.9 Å². The number of hydrogen-bond donors (Lipinski definition) is 0. The van der Waals surface area contributed by atoms with Crippen LogP contribution in [0.25, 0.3) is 0 Å². The Morgan fingerprint density at radius 3 is 2.50 bits per heavy atom. The summed E-state index contributed by atoms with van der Waals surface area (Å²) in [5, 5.41) is 0.314. The molecular formula is C31H33Cl2F2N2O4S+. The lowest BCUT2D eigenvalue weighted by Crippen LogP contribution is -2.38. The molecule has 2 atom stereocenters. The Kier molecular flexibility index (Phi) is 10.8. The number of carbonyl (C=O) groups is 1. The SMILES string of the molecule is O=C(O[C@@H](Cc1c(Cl)c[nH+]cc1Cl)c1ccc(OC(F)F)c(OC2CCCC2)c1)[C@@H]1SCCN1CCc1ccccc1. The fraction of sp³-hybridized carbons (Fsp3) is 0.419. The molecule has 3 aromatic rings. The molecule has 1 aromatic heterocycles. The van der Waals surface area contributed by atoms with Crippen LogP contribution in [0.4, 0.5) is 8.78 Å². The molecule has 1 aliphatic heterocycles. The van der Waals surface area contributed by atoms with Crippen molar-refractivity contribution in [3.8, 4) is 11.5 Å². The van der Waals surface area contributed by atoms with Gasteiger partial charge < -0.3 is 14.2 Å². The highest BCUT2D eigenvalue weighted by Crippen LogP contribution is 2.38. The van der Waals surface area contributed by atoms with E-state index in [2.05, 4.69) is 22.0 Å². The monoisotopic (exact) mass is 637 g/mol. The zero-order chi connectivity index (χ0) is 29.5. The lowest BCUT2D eigenvalue weighted by Gasteiger charge is -2.26. The summed E-state index contributed by atoms with van der Waals surface area (Å²) in [4.78, 5) is 18.7. The van der Waals surface area contributed by atoms with Crippen LogP contribution >= 0.6 is 35.0 Å². The van der Waals surface area contributed by atoms with Crippen molar-refractivity contribution < 1.29 is 32.8 Å². The second-order valence-electron chi connectivity index (χ2n) is 10.4. The maximum Gasteiger partial charge on any atom is 0.387 e. The average molecular weight is 639 g/mol. The number of rotatable bonds is 12. The standard InChI is InChI=1S/C31H32Cl2F2N2O4S/c32-24-18-36-19-25(33)23(24)17-27(21-10-11-26(41-31(34)35)28(16-21)39-22-8-4-5-9-22)40-30(38)29-37(14-15-42-29)13-12-20-6-2-1-3-7-20/h1-3,6-7,10-11,16,18-19,22,27,29,31H,4-5,8-9,12-15,17H2/p+1/t27-,29-/m0/s1. The Hall–Kier alpha value is -2.59. The van der Waals surface area contributed by atoms with E-state index in [1.165, 1.54) is 11.6 Å². The predicted molar refractivity (Wildman–Crippen MR) is 159 cm³/mol. The molecule has 0 unspecified atom stereocenters. The minimum atomic E-state index is -3.00. The van der Waals surface area contributed by atoms with Gasteiger partial charge in [-0.1, -0.05) is 59.6 Å². The van der Waals surface area contributed by atoms with E-state index in [1.807, 2.05) is 18.2 Å². The molecule has 2 fully saturated rings. The van der Waals surface area contributed by atoms with Crippen LogP contribution in [0.3, 0.4) is 0 Å². The van der Waals surface area contributed by atoms with Crippen molar-refractivity contribution in [2.75, 3.05) is 18.8 Å². The topological polar surface area (TPSA) is 62.1 Å². The summed E-state index contributed by atoms with van der Waals surface area (Å²) in [5.41, 5.74) is 2.36. The zero-order valence-corrected chi connectivity index (χ0v) is 25.3. The van der Waals surface area contributed by atoms with Gasteiger partial charge in [-0.2, -0.15) is 8.78 Å². The fourth-order valence-electron chi connectivity index (χ4n) is 5.35. The third-order valence-corrected chi connectivity index (χ3v) is 9.41. The third-order valence-electron chi connectivity index (χ3n) is 7.51. The highest BCUT2D eigenvalue weighted by atomic mass is 35.5. The summed E-state index contributed by atoms with van der Waals surface area (Å²) < 4.78 is 43.5. The number of ether oxygens (including phenoxy) is 3. The number of carbonyl (C=O) groups excluding carboxylic acids is 1. The van der Waals surface area contributed by atoms with Crippen molar-refractivity contribution in [3.05, 3.63) is 87.7 Å². The Morgan fingerprint density at radius 2 is 1.79 bits per heavy atom. The van der Waals surface area contributed by atoms with Gasteiger partial charge in [0.25, 0.3) is 0 Å². The van der Waals surface area contributed by atoms with Gasteiger partial charge in [0.2, 0.25) is 0 Å². The highest BCUT2D eigenvalue weighted by Gasteiger charge is 2.35. The van der Waals surface area contributed by atoms with E-state index in [4.69, 9.17) is 37.4 Å². The number of benzene rings is 2. The molecule has 224 valence electrons. The van der Waals surface area contributed by atoms with Crippen LogP contribution in [0.5, 0.6) is 11.5 Å². The fourth-order valence-corrected chi connectivity index (χ4v) is 7.06. The van der Waals surface area contributed by atoms with Crippen LogP contribution in [0.1, 0.15) is 48.5 Å². The van der Waals surface area contributed by atoms with E-state index in [9.17, 15) is 13.6 Å². The smallest absolute Gasteiger partial charge is 0.387 e. The summed E-state index contributed by atoms with van der Waals surface area (Å²) in [5.74, 6) is 0.565. The number of halogens is 4. The first kappa shape index (κ1) is 30.9. The molecule has 1 aliphatic carbocycles. The van der Waals surface area contributed by atoms with Crippen molar-refractivity contribution in [2.24, 2.45) is 0 Å². The second-order valence-corrected chi connectivity index (χ2v) is 12.4. The van der Waals surface area contributed by atoms with Gasteiger partial charge in [-0.05, 0) is 55.4 Å². The number of nitrogens with zero attached hydrogens (tertiary/aromatic N) is 1. The normalized spacial score (nSPS) is 18.4. The summed E-state index contributed by atoms with van der Waals surface area (Å²) >= 11 is 14.5. The van der Waals surface area contributed by atoms with Crippen molar-refractivity contribution >= 4 is 40.9 Å². The van der Waals surface area contributed by atoms with Gasteiger partial charge in [-0.25, -0.2) is 9.78 Å². The number of nitrogens with one attached hydrogen (secondary N) is 1. The minimum Gasteiger partial charge on any atom is -0.487 e. The molecule has 2 aromatic carbocycles. The molecule has 1 N–H and O–H groups in total. The van der Waals surface area contributed by atoms with Gasteiger partial charge in [-0.15, -0.1) is 11.8 Å². The summed E-state index contributed by atoms with van der Waals surface area (Å²) in [6.07, 6.45) is 6.99. The van der Waals surface area contributed by atoms with Gasteiger partial charge in [-0.3, -0.25) is 4.90 Å². The van der Waals surface area contributed by atoms with E-state index in [-0.39, 0.29) is 30.0 Å². The molecule has 2 aliphatic rings. The summed E-state index contributed by atoms with van der Waals surface area (Å²) in [7, 11) is 0. The van der Waals surface area contributed by atoms with Crippen molar-refractivity contribution in [2.45, 2.75) is 62.7 Å². The molecular weight excluding hydrogens is 605 g/mol. The van der Waals surface area contributed by atoms with E-state index in [1.54, 1.807) is 36.3 Å². The first-order valence-electron chi connectivity index (χ1n) is 14.1. The lowest BCUT2D eigenvalue weighted by atomic mass is 10.0. The molecule has 5 rings (SSSR count). The quantitative estimate of drug-likeness (QED) is 0.196. The van der Waals surface area contributed by atoms with Crippen molar-refractivity contribution in [1.29, 1.82) is 0 Å². The Bertz CT molecular complexity index is 1330. The van der Waals surface area contributed by atoms with Gasteiger partial charge in [0.15, 0.2) is 29.3 Å². The number of esters is 1. The molecule has 2 heterocycles. The molecule has 11 heteroatoms. The van der Waals surface area contributed by atoms with Crippen LogP contribution in [0, 0.1) is 0 Å². The first-order valence-corrected chi connectivity index (χ1v) is 15.9. The number of aromatic amines is 1. The number of thioether (sulfide) groups is 1. The van der Waals surface area contributed by atoms with E-state index >= 15 is 0 Å². The minimum absolute atomic E-state index is 0.0606. The lowest BCUT2D eigenvalue weighted by molar-refractivity contribution is -0.377. The maximum absolute atomic E-state index is 13.7. The number of aromatic nitrogens is 1. The Balaban J connectivity index is 1.40. The molecule has 0 bridgehead atoms. The maximum atomic E-state index is 13.7. The molecule has 0 amide bonds. The van der Waals surface area contributed by atoms with Crippen molar-refractivity contribution in [3.63, 3.8) is 0 Å². The third kappa shape index (κ3) is 8.07. The predicted octanol–water partition coefficient (Wildman–Crippen LogP) is 7.17. The molecule has 0 spiro atoms. The molecule has 6 nitrogen and oxygen atoms in total. The number of H-pyrrole nitrogens is 1. The summed E-state index contributed by atoms with van der Waals surface area (Å²) in [6, 6.07) is 14.8. The summed E-state index contributed by atoms with van der Waals surface area (Å²) in [6.45, 7) is -1.52. The molecule has 42 heavy (non-hydrogen) atoms. The van der Waals surface area contributed by atoms with Crippen LogP contribution in [0.2, 0.25) is 10.0 Å². The van der Waals surface area contributed by atoms with Crippen LogP contribution < -0.4 is 14.5 Å².